The van der Waals surface area contributed by atoms with Gasteiger partial charge in [0.25, 0.3) is 10.0 Å². The Hall–Kier alpha value is -2.50. The maximum atomic E-state index is 13.2. The number of nitrogens with one attached hydrogen (secondary N) is 2. The van der Waals surface area contributed by atoms with Crippen molar-refractivity contribution >= 4 is 49.3 Å². The van der Waals surface area contributed by atoms with E-state index in [1.165, 1.54) is 12.1 Å². The molecule has 0 saturated carbocycles. The number of aryl methyl sites for hydroxylation is 1. The lowest BCUT2D eigenvalue weighted by atomic mass is 10.1. The number of halogens is 2. The zero-order valence-electron chi connectivity index (χ0n) is 17.7. The van der Waals surface area contributed by atoms with E-state index >= 15 is 0 Å². The minimum atomic E-state index is -3.63. The number of fused-ring (bicyclic) bond motifs is 1. The van der Waals surface area contributed by atoms with Crippen LogP contribution in [0.5, 0.6) is 0 Å². The number of unbranched alkanes of at least 4 members (excludes halogenated alkanes) is 1. The molecule has 4 rings (SSSR count). The maximum absolute atomic E-state index is 13.2. The molecule has 4 aromatic rings. The van der Waals surface area contributed by atoms with E-state index < -0.39 is 10.0 Å². The summed E-state index contributed by atoms with van der Waals surface area (Å²) in [5.74, 6) is -0.332. The Morgan fingerprint density at radius 3 is 2.64 bits per heavy atom. The van der Waals surface area contributed by atoms with Crippen LogP contribution in [0.3, 0.4) is 0 Å². The summed E-state index contributed by atoms with van der Waals surface area (Å²) < 4.78 is 47.2. The molecule has 0 saturated heterocycles. The maximum Gasteiger partial charge on any atom is 0.261 e. The quantitative estimate of drug-likeness (QED) is 0.192. The fourth-order valence-electron chi connectivity index (χ4n) is 3.49. The van der Waals surface area contributed by atoms with Gasteiger partial charge in [-0.3, -0.25) is 4.72 Å². The lowest BCUT2D eigenvalue weighted by Crippen LogP contribution is -2.16. The predicted octanol–water partition coefficient (Wildman–Crippen LogP) is 5.48. The highest BCUT2D eigenvalue weighted by atomic mass is 127. The minimum absolute atomic E-state index is 0.233. The van der Waals surface area contributed by atoms with Crippen LogP contribution in [0.15, 0.2) is 76.1 Å². The van der Waals surface area contributed by atoms with Crippen molar-refractivity contribution < 1.29 is 17.3 Å². The molecule has 0 fully saturated rings. The van der Waals surface area contributed by atoms with Gasteiger partial charge in [-0.15, -0.1) is 0 Å². The van der Waals surface area contributed by atoms with Gasteiger partial charge in [-0.2, -0.15) is 0 Å². The highest BCUT2D eigenvalue weighted by Crippen LogP contribution is 2.21. The second-order valence-electron chi connectivity index (χ2n) is 7.66. The van der Waals surface area contributed by atoms with Gasteiger partial charge in [0.05, 0.1) is 10.6 Å². The first-order valence-corrected chi connectivity index (χ1v) is 13.1. The van der Waals surface area contributed by atoms with Crippen molar-refractivity contribution in [1.82, 2.24) is 10.5 Å². The second kappa shape index (κ2) is 10.6. The van der Waals surface area contributed by atoms with Gasteiger partial charge in [-0.25, -0.2) is 12.8 Å². The molecule has 0 atom stereocenters. The average molecular weight is 579 g/mol. The van der Waals surface area contributed by atoms with E-state index in [1.54, 1.807) is 36.4 Å². The topological polar surface area (TPSA) is 84.2 Å². The van der Waals surface area contributed by atoms with Gasteiger partial charge in [0.15, 0.2) is 5.58 Å². The molecule has 0 spiro atoms. The van der Waals surface area contributed by atoms with E-state index in [0.717, 1.165) is 46.0 Å². The third-order valence-corrected chi connectivity index (χ3v) is 7.27. The van der Waals surface area contributed by atoms with Crippen molar-refractivity contribution in [3.8, 4) is 0 Å². The highest BCUT2D eigenvalue weighted by molar-refractivity contribution is 14.1. The van der Waals surface area contributed by atoms with Gasteiger partial charge >= 0.3 is 0 Å². The molecule has 1 heterocycles. The molecule has 33 heavy (non-hydrogen) atoms. The third kappa shape index (κ3) is 6.30. The molecule has 172 valence electrons. The Labute approximate surface area is 205 Å². The van der Waals surface area contributed by atoms with Gasteiger partial charge < -0.3 is 9.84 Å². The fourth-order valence-corrected chi connectivity index (χ4v) is 4.90. The van der Waals surface area contributed by atoms with Crippen LogP contribution in [0.25, 0.3) is 11.0 Å². The van der Waals surface area contributed by atoms with Crippen molar-refractivity contribution in [1.29, 1.82) is 0 Å². The Morgan fingerprint density at radius 1 is 1.00 bits per heavy atom. The van der Waals surface area contributed by atoms with E-state index in [4.69, 9.17) is 4.52 Å². The van der Waals surface area contributed by atoms with Crippen molar-refractivity contribution in [2.24, 2.45) is 0 Å². The molecule has 1 aromatic heterocycles. The molecule has 2 N–H and O–H groups in total. The van der Waals surface area contributed by atoms with Crippen LogP contribution in [0.4, 0.5) is 10.1 Å². The van der Waals surface area contributed by atoms with Gasteiger partial charge in [-0.05, 0) is 102 Å². The number of aromatic nitrogens is 1. The first-order valence-electron chi connectivity index (χ1n) is 10.5. The fraction of sp³-hybridized carbons (Fsp3) is 0.208. The summed E-state index contributed by atoms with van der Waals surface area (Å²) >= 11 is 2.14. The monoisotopic (exact) mass is 579 g/mol. The number of anilines is 1. The highest BCUT2D eigenvalue weighted by Gasteiger charge is 2.14. The number of hydrogen-bond acceptors (Lipinski definition) is 5. The van der Waals surface area contributed by atoms with E-state index in [1.807, 2.05) is 18.2 Å². The van der Waals surface area contributed by atoms with E-state index in [2.05, 4.69) is 37.8 Å². The summed E-state index contributed by atoms with van der Waals surface area (Å²) in [6.07, 6.45) is 2.62. The first kappa shape index (κ1) is 23.7. The van der Waals surface area contributed by atoms with Gasteiger partial charge in [0.2, 0.25) is 0 Å². The van der Waals surface area contributed by atoms with Gasteiger partial charge in [0, 0.05) is 27.3 Å². The number of nitrogens with zero attached hydrogens (tertiary/aromatic N) is 1. The third-order valence-electron chi connectivity index (χ3n) is 5.16. The van der Waals surface area contributed by atoms with Crippen molar-refractivity contribution in [3.05, 3.63) is 87.4 Å². The summed E-state index contributed by atoms with van der Waals surface area (Å²) in [5.41, 5.74) is 2.84. The van der Waals surface area contributed by atoms with E-state index in [-0.39, 0.29) is 10.7 Å². The molecule has 0 aliphatic carbocycles. The molecule has 9 heteroatoms. The Morgan fingerprint density at radius 2 is 1.82 bits per heavy atom. The zero-order valence-corrected chi connectivity index (χ0v) is 20.7. The number of rotatable bonds is 10. The van der Waals surface area contributed by atoms with Crippen LogP contribution < -0.4 is 10.0 Å². The zero-order chi connectivity index (χ0) is 23.3. The molecule has 0 aliphatic rings. The number of sulfonamides is 1. The van der Waals surface area contributed by atoms with Crippen molar-refractivity contribution in [2.45, 2.75) is 30.7 Å². The molecule has 0 radical (unpaired) electrons. The SMILES string of the molecule is O=S(=O)(Nc1cccc(CNCCCCc2noc3cc(F)ccc23)c1)c1ccc(I)cc1. The summed E-state index contributed by atoms with van der Waals surface area (Å²) in [5, 5.41) is 8.29. The lowest BCUT2D eigenvalue weighted by molar-refractivity contribution is 0.442. The van der Waals surface area contributed by atoms with E-state index in [9.17, 15) is 12.8 Å². The first-order chi connectivity index (χ1) is 15.9. The molecule has 3 aromatic carbocycles. The predicted molar refractivity (Wildman–Crippen MR) is 135 cm³/mol. The molecule has 6 nitrogen and oxygen atoms in total. The van der Waals surface area contributed by atoms with Crippen LogP contribution >= 0.6 is 22.6 Å². The Kier molecular flexibility index (Phi) is 7.61. The summed E-state index contributed by atoms with van der Waals surface area (Å²) in [6.45, 7) is 1.44. The minimum Gasteiger partial charge on any atom is -0.356 e. The van der Waals surface area contributed by atoms with Crippen LogP contribution in [0, 0.1) is 9.39 Å². The second-order valence-corrected chi connectivity index (χ2v) is 10.6. The van der Waals surface area contributed by atoms with Gasteiger partial charge in [-0.1, -0.05) is 17.3 Å². The van der Waals surface area contributed by atoms with Crippen molar-refractivity contribution in [3.63, 3.8) is 0 Å². The number of hydrogen-bond donors (Lipinski definition) is 2. The van der Waals surface area contributed by atoms with Crippen LogP contribution in [0.2, 0.25) is 0 Å². The summed E-state index contributed by atoms with van der Waals surface area (Å²) in [6, 6.07) is 18.5. The lowest BCUT2D eigenvalue weighted by Gasteiger charge is -2.10. The molecular formula is C24H23FIN3O3S. The summed E-state index contributed by atoms with van der Waals surface area (Å²) in [7, 11) is -3.63. The molecule has 0 unspecified atom stereocenters. The molecule has 0 aliphatic heterocycles. The van der Waals surface area contributed by atoms with Crippen LogP contribution in [-0.2, 0) is 23.0 Å². The van der Waals surface area contributed by atoms with Crippen LogP contribution in [0.1, 0.15) is 24.1 Å². The average Bonchev–Trinajstić information content (AvgIpc) is 3.18. The largest absolute Gasteiger partial charge is 0.356 e. The molecule has 0 bridgehead atoms. The van der Waals surface area contributed by atoms with Crippen LogP contribution in [-0.4, -0.2) is 20.1 Å². The van der Waals surface area contributed by atoms with Crippen molar-refractivity contribution in [2.75, 3.05) is 11.3 Å². The van der Waals surface area contributed by atoms with Gasteiger partial charge in [0.1, 0.15) is 5.82 Å². The smallest absolute Gasteiger partial charge is 0.261 e. The Balaban J connectivity index is 1.24. The summed E-state index contributed by atoms with van der Waals surface area (Å²) in [4.78, 5) is 0.233. The molecular weight excluding hydrogens is 556 g/mol. The Bertz CT molecular complexity index is 1340. The normalized spacial score (nSPS) is 11.7. The molecule has 0 amide bonds. The number of benzene rings is 3. The standard InChI is InChI=1S/C24H23FIN3O3S/c25-18-7-12-22-23(28-32-24(22)15-18)6-1-2-13-27-16-17-4-3-5-20(14-17)29-33(30,31)21-10-8-19(26)9-11-21/h3-5,7-12,14-15,27,29H,1-2,6,13,16H2. The van der Waals surface area contributed by atoms with E-state index in [0.29, 0.717) is 17.8 Å².